The molecule has 25 heavy (non-hydrogen) atoms. The van der Waals surface area contributed by atoms with Crippen LogP contribution in [-0.4, -0.2) is 26.9 Å². The molecule has 1 rings (SSSR count). The fourth-order valence-electron chi connectivity index (χ4n) is 2.05. The Morgan fingerprint density at radius 1 is 1.08 bits per heavy atom. The molecule has 0 fully saturated rings. The number of aryl methyl sites for hydroxylation is 1. The van der Waals surface area contributed by atoms with Crippen LogP contribution in [0, 0.1) is 0 Å². The average molecular weight is 368 g/mol. The van der Waals surface area contributed by atoms with Gasteiger partial charge in [-0.15, -0.1) is 0 Å². The summed E-state index contributed by atoms with van der Waals surface area (Å²) in [5.74, 6) is 1.54. The molecule has 0 unspecified atom stereocenters. The number of nitrogens with zero attached hydrogens (tertiary/aromatic N) is 1. The van der Waals surface area contributed by atoms with E-state index in [0.717, 1.165) is 35.6 Å². The second kappa shape index (κ2) is 9.37. The van der Waals surface area contributed by atoms with Gasteiger partial charge in [-0.3, -0.25) is 0 Å². The lowest BCUT2D eigenvalue weighted by atomic mass is 10.1. The molecule has 0 saturated heterocycles. The first-order chi connectivity index (χ1) is 11.5. The summed E-state index contributed by atoms with van der Waals surface area (Å²) in [5, 5.41) is 0. The van der Waals surface area contributed by atoms with Crippen LogP contribution >= 0.6 is 0 Å². The molecular weight excluding hydrogens is 334 g/mol. The molecule has 0 radical (unpaired) electrons. The van der Waals surface area contributed by atoms with Gasteiger partial charge in [-0.2, -0.15) is 4.40 Å². The molecule has 0 spiro atoms. The Hall–Kier alpha value is -1.36. The van der Waals surface area contributed by atoms with Crippen LogP contribution in [-0.2, 0) is 17.4 Å². The molecule has 0 aliphatic rings. The normalized spacial score (nSPS) is 14.1. The third kappa shape index (κ3) is 8.04. The first kappa shape index (κ1) is 21.7. The molecule has 1 aromatic carbocycles. The summed E-state index contributed by atoms with van der Waals surface area (Å²) >= 11 is 0. The van der Waals surface area contributed by atoms with Gasteiger partial charge in [-0.05, 0) is 85.9 Å². The Balaban J connectivity index is 2.85. The minimum Gasteiger partial charge on any atom is -0.487 e. The summed E-state index contributed by atoms with van der Waals surface area (Å²) in [7, 11) is -1.20. The van der Waals surface area contributed by atoms with Crippen molar-refractivity contribution in [3.8, 4) is 11.5 Å². The molecular formula is C20H33NO3S. The quantitative estimate of drug-likeness (QED) is 0.599. The molecule has 0 N–H and O–H groups in total. The number of rotatable bonds is 8. The Morgan fingerprint density at radius 3 is 2.16 bits per heavy atom. The maximum absolute atomic E-state index is 12.1. The SMILES string of the molecule is C/C(CCc1ccc(OC(C)C)c(OC(C)C)c1)=N\[S@](=O)C(C)(C)C. The Labute approximate surface area is 155 Å². The highest BCUT2D eigenvalue weighted by Crippen LogP contribution is 2.30. The van der Waals surface area contributed by atoms with Gasteiger partial charge in [0.1, 0.15) is 11.0 Å². The van der Waals surface area contributed by atoms with Crippen molar-refractivity contribution in [3.05, 3.63) is 23.8 Å². The second-order valence-corrected chi connectivity index (χ2v) is 9.71. The number of benzene rings is 1. The van der Waals surface area contributed by atoms with Gasteiger partial charge in [0, 0.05) is 5.71 Å². The van der Waals surface area contributed by atoms with Crippen molar-refractivity contribution in [2.45, 2.75) is 85.2 Å². The lowest BCUT2D eigenvalue weighted by molar-refractivity contribution is 0.198. The predicted octanol–water partition coefficient (Wildman–Crippen LogP) is 5.12. The van der Waals surface area contributed by atoms with E-state index >= 15 is 0 Å². The summed E-state index contributed by atoms with van der Waals surface area (Å²) < 4.78 is 27.8. The van der Waals surface area contributed by atoms with E-state index in [1.807, 2.05) is 67.5 Å². The molecule has 4 nitrogen and oxygen atoms in total. The maximum atomic E-state index is 12.1. The third-order valence-electron chi connectivity index (χ3n) is 3.27. The van der Waals surface area contributed by atoms with Crippen LogP contribution < -0.4 is 9.47 Å². The first-order valence-corrected chi connectivity index (χ1v) is 10.0. The van der Waals surface area contributed by atoms with Crippen molar-refractivity contribution in [3.63, 3.8) is 0 Å². The molecule has 0 saturated carbocycles. The van der Waals surface area contributed by atoms with Crippen molar-refractivity contribution in [1.82, 2.24) is 0 Å². The molecule has 0 bridgehead atoms. The van der Waals surface area contributed by atoms with Crippen LogP contribution in [0.5, 0.6) is 11.5 Å². The summed E-state index contributed by atoms with van der Waals surface area (Å²) in [5.41, 5.74) is 2.06. The highest BCUT2D eigenvalue weighted by molar-refractivity contribution is 7.85. The van der Waals surface area contributed by atoms with Gasteiger partial charge in [0.15, 0.2) is 11.5 Å². The number of hydrogen-bond donors (Lipinski definition) is 0. The molecule has 1 aromatic rings. The van der Waals surface area contributed by atoms with Crippen molar-refractivity contribution in [1.29, 1.82) is 0 Å². The van der Waals surface area contributed by atoms with E-state index in [4.69, 9.17) is 9.47 Å². The van der Waals surface area contributed by atoms with Gasteiger partial charge in [-0.1, -0.05) is 6.07 Å². The second-order valence-electron chi connectivity index (χ2n) is 7.80. The molecule has 0 aliphatic heterocycles. The van der Waals surface area contributed by atoms with Crippen LogP contribution in [0.1, 0.15) is 67.4 Å². The van der Waals surface area contributed by atoms with Gasteiger partial charge in [0.25, 0.3) is 0 Å². The van der Waals surface area contributed by atoms with Crippen molar-refractivity contribution >= 4 is 16.7 Å². The Bertz CT molecular complexity index is 616. The minimum atomic E-state index is -1.20. The average Bonchev–Trinajstić information content (AvgIpc) is 2.45. The van der Waals surface area contributed by atoms with E-state index in [-0.39, 0.29) is 17.0 Å². The predicted molar refractivity (Wildman–Crippen MR) is 107 cm³/mol. The Morgan fingerprint density at radius 2 is 1.64 bits per heavy atom. The summed E-state index contributed by atoms with van der Waals surface area (Å²) in [6, 6.07) is 6.05. The first-order valence-electron chi connectivity index (χ1n) is 8.91. The van der Waals surface area contributed by atoms with Crippen LogP contribution in [0.4, 0.5) is 0 Å². The zero-order valence-electron chi connectivity index (χ0n) is 16.9. The number of ether oxygens (including phenoxy) is 2. The zero-order chi connectivity index (χ0) is 19.2. The molecule has 5 heteroatoms. The maximum Gasteiger partial charge on any atom is 0.161 e. The van der Waals surface area contributed by atoms with Crippen LogP contribution in [0.25, 0.3) is 0 Å². The lowest BCUT2D eigenvalue weighted by Crippen LogP contribution is -2.20. The third-order valence-corrected chi connectivity index (χ3v) is 4.80. The van der Waals surface area contributed by atoms with Gasteiger partial charge in [0.2, 0.25) is 0 Å². The summed E-state index contributed by atoms with van der Waals surface area (Å²) in [6.45, 7) is 15.7. The minimum absolute atomic E-state index is 0.0854. The van der Waals surface area contributed by atoms with Crippen molar-refractivity contribution in [2.75, 3.05) is 0 Å². The topological polar surface area (TPSA) is 47.9 Å². The highest BCUT2D eigenvalue weighted by Gasteiger charge is 2.19. The smallest absolute Gasteiger partial charge is 0.161 e. The molecule has 0 amide bonds. The Kier molecular flexibility index (Phi) is 8.13. The van der Waals surface area contributed by atoms with Crippen LogP contribution in [0.3, 0.4) is 0 Å². The summed E-state index contributed by atoms with van der Waals surface area (Å²) in [6.07, 6.45) is 1.78. The fraction of sp³-hybridized carbons (Fsp3) is 0.650. The molecule has 0 heterocycles. The van der Waals surface area contributed by atoms with Crippen molar-refractivity contribution in [2.24, 2.45) is 4.40 Å². The van der Waals surface area contributed by atoms with E-state index in [9.17, 15) is 4.21 Å². The lowest BCUT2D eigenvalue weighted by Gasteiger charge is -2.18. The molecule has 142 valence electrons. The van der Waals surface area contributed by atoms with Gasteiger partial charge < -0.3 is 9.47 Å². The van der Waals surface area contributed by atoms with E-state index < -0.39 is 11.0 Å². The number of hydrogen-bond acceptors (Lipinski definition) is 3. The van der Waals surface area contributed by atoms with Gasteiger partial charge in [-0.25, -0.2) is 4.21 Å². The van der Waals surface area contributed by atoms with Crippen LogP contribution in [0.2, 0.25) is 0 Å². The van der Waals surface area contributed by atoms with Gasteiger partial charge >= 0.3 is 0 Å². The fourth-order valence-corrected chi connectivity index (χ4v) is 2.70. The van der Waals surface area contributed by atoms with Crippen molar-refractivity contribution < 1.29 is 13.7 Å². The monoisotopic (exact) mass is 367 g/mol. The largest absolute Gasteiger partial charge is 0.487 e. The van der Waals surface area contributed by atoms with Crippen LogP contribution in [0.15, 0.2) is 22.6 Å². The molecule has 0 aromatic heterocycles. The molecule has 0 aliphatic carbocycles. The van der Waals surface area contributed by atoms with Gasteiger partial charge in [0.05, 0.1) is 17.0 Å². The van der Waals surface area contributed by atoms with E-state index in [0.29, 0.717) is 0 Å². The summed E-state index contributed by atoms with van der Waals surface area (Å²) in [4.78, 5) is 0. The van der Waals surface area contributed by atoms with E-state index in [1.165, 1.54) is 0 Å². The van der Waals surface area contributed by atoms with E-state index in [2.05, 4.69) is 10.5 Å². The zero-order valence-corrected chi connectivity index (χ0v) is 17.7. The van der Waals surface area contributed by atoms with E-state index in [1.54, 1.807) is 0 Å². The highest BCUT2D eigenvalue weighted by atomic mass is 32.2. The molecule has 1 atom stereocenters. The standard InChI is InChI=1S/C20H33NO3S/c1-14(2)23-18-12-11-17(13-19(18)24-15(3)4)10-9-16(5)21-25(22)20(6,7)8/h11-15H,9-10H2,1-8H3/b21-16+/t25-/m1/s1.